The molecule has 3 unspecified atom stereocenters. The lowest BCUT2D eigenvalue weighted by molar-refractivity contribution is 0.142. The molecule has 1 nitrogen and oxygen atoms in total. The van der Waals surface area contributed by atoms with Crippen LogP contribution in [-0.2, 0) is 0 Å². The molecule has 0 radical (unpaired) electrons. The third-order valence-electron chi connectivity index (χ3n) is 6.48. The van der Waals surface area contributed by atoms with Gasteiger partial charge in [-0.1, -0.05) is 48.0 Å². The smallest absolute Gasteiger partial charge is 0.0100 e. The standard InChI is InChI=1S/C18H32BrN/c1-20(12-17-11-15-6-7-16(17)10-15)14-18(13-19)8-4-2-3-5-9-18/h15-17H,2-14H2,1H3. The molecular formula is C18H32BrN. The minimum Gasteiger partial charge on any atom is -0.306 e. The van der Waals surface area contributed by atoms with Gasteiger partial charge in [-0.3, -0.25) is 0 Å². The highest BCUT2D eigenvalue weighted by molar-refractivity contribution is 9.09. The van der Waals surface area contributed by atoms with Crippen LogP contribution >= 0.6 is 15.9 Å². The number of halogens is 1. The lowest BCUT2D eigenvalue weighted by Crippen LogP contribution is -2.39. The molecule has 0 amide bonds. The van der Waals surface area contributed by atoms with E-state index in [9.17, 15) is 0 Å². The molecular weight excluding hydrogens is 310 g/mol. The highest BCUT2D eigenvalue weighted by atomic mass is 79.9. The Bertz CT molecular complexity index is 309. The fourth-order valence-electron chi connectivity index (χ4n) is 5.45. The molecule has 3 atom stereocenters. The van der Waals surface area contributed by atoms with E-state index in [-0.39, 0.29) is 0 Å². The second-order valence-electron chi connectivity index (χ2n) is 8.18. The van der Waals surface area contributed by atoms with Crippen molar-refractivity contribution in [2.75, 3.05) is 25.5 Å². The molecule has 0 aliphatic heterocycles. The third kappa shape index (κ3) is 3.43. The first-order valence-electron chi connectivity index (χ1n) is 8.95. The highest BCUT2D eigenvalue weighted by Gasteiger charge is 2.40. The van der Waals surface area contributed by atoms with Crippen molar-refractivity contribution in [2.45, 2.75) is 64.2 Å². The minimum atomic E-state index is 0.572. The monoisotopic (exact) mass is 341 g/mol. The number of hydrogen-bond acceptors (Lipinski definition) is 1. The topological polar surface area (TPSA) is 3.24 Å². The molecule has 0 aromatic rings. The van der Waals surface area contributed by atoms with Crippen LogP contribution < -0.4 is 0 Å². The van der Waals surface area contributed by atoms with E-state index in [1.54, 1.807) is 6.42 Å². The normalized spacial score (nSPS) is 36.5. The van der Waals surface area contributed by atoms with Crippen LogP contribution in [0.1, 0.15) is 64.2 Å². The van der Waals surface area contributed by atoms with Crippen LogP contribution in [0.25, 0.3) is 0 Å². The molecule has 0 aromatic heterocycles. The Morgan fingerprint density at radius 3 is 2.35 bits per heavy atom. The molecule has 116 valence electrons. The number of hydrogen-bond donors (Lipinski definition) is 0. The van der Waals surface area contributed by atoms with E-state index in [1.165, 1.54) is 76.2 Å². The van der Waals surface area contributed by atoms with E-state index < -0.39 is 0 Å². The number of fused-ring (bicyclic) bond motifs is 2. The molecule has 3 fully saturated rings. The summed E-state index contributed by atoms with van der Waals surface area (Å²) in [6.45, 7) is 2.70. The molecule has 20 heavy (non-hydrogen) atoms. The summed E-state index contributed by atoms with van der Waals surface area (Å²) in [4.78, 5) is 2.69. The molecule has 0 heterocycles. The van der Waals surface area contributed by atoms with Crippen LogP contribution in [0, 0.1) is 23.2 Å². The van der Waals surface area contributed by atoms with Crippen LogP contribution in [-0.4, -0.2) is 30.4 Å². The molecule has 0 aromatic carbocycles. The van der Waals surface area contributed by atoms with Crippen LogP contribution in [0.5, 0.6) is 0 Å². The zero-order chi connectivity index (χ0) is 14.0. The van der Waals surface area contributed by atoms with Gasteiger partial charge >= 0.3 is 0 Å². The summed E-state index contributed by atoms with van der Waals surface area (Å²) in [5.41, 5.74) is 0.572. The second kappa shape index (κ2) is 6.69. The molecule has 2 bridgehead atoms. The van der Waals surface area contributed by atoms with Crippen molar-refractivity contribution in [2.24, 2.45) is 23.2 Å². The first kappa shape index (κ1) is 15.3. The van der Waals surface area contributed by atoms with E-state index >= 15 is 0 Å². The van der Waals surface area contributed by atoms with Gasteiger partial charge in [0.2, 0.25) is 0 Å². The zero-order valence-corrected chi connectivity index (χ0v) is 14.8. The van der Waals surface area contributed by atoms with Crippen molar-refractivity contribution in [1.29, 1.82) is 0 Å². The van der Waals surface area contributed by atoms with E-state index in [0.717, 1.165) is 17.8 Å². The molecule has 2 heteroatoms. The molecule has 3 aliphatic rings. The van der Waals surface area contributed by atoms with E-state index in [4.69, 9.17) is 0 Å². The lowest BCUT2D eigenvalue weighted by Gasteiger charge is -2.37. The maximum atomic E-state index is 3.85. The maximum Gasteiger partial charge on any atom is 0.0100 e. The Kier molecular flexibility index (Phi) is 5.13. The molecule has 0 spiro atoms. The van der Waals surface area contributed by atoms with Crippen LogP contribution in [0.4, 0.5) is 0 Å². The van der Waals surface area contributed by atoms with E-state index in [0.29, 0.717) is 5.41 Å². The third-order valence-corrected chi connectivity index (χ3v) is 7.67. The average Bonchev–Trinajstić information content (AvgIpc) is 2.97. The summed E-state index contributed by atoms with van der Waals surface area (Å²) in [5.74, 6) is 3.20. The van der Waals surface area contributed by atoms with Gasteiger partial charge in [-0.05, 0) is 62.3 Å². The SMILES string of the molecule is CN(CC1CC2CCC1C2)CC1(CBr)CCCCCC1. The predicted molar refractivity (Wildman–Crippen MR) is 90.4 cm³/mol. The van der Waals surface area contributed by atoms with Gasteiger partial charge in [-0.25, -0.2) is 0 Å². The lowest BCUT2D eigenvalue weighted by atomic mass is 9.81. The Morgan fingerprint density at radius 2 is 1.80 bits per heavy atom. The summed E-state index contributed by atoms with van der Waals surface area (Å²) in [6, 6.07) is 0. The van der Waals surface area contributed by atoms with Crippen molar-refractivity contribution in [1.82, 2.24) is 4.90 Å². The van der Waals surface area contributed by atoms with Crippen LogP contribution in [0.3, 0.4) is 0 Å². The second-order valence-corrected chi connectivity index (χ2v) is 8.74. The molecule has 3 saturated carbocycles. The van der Waals surface area contributed by atoms with Crippen molar-refractivity contribution in [3.8, 4) is 0 Å². The van der Waals surface area contributed by atoms with E-state index in [1.807, 2.05) is 0 Å². The van der Waals surface area contributed by atoms with Crippen molar-refractivity contribution in [3.05, 3.63) is 0 Å². The van der Waals surface area contributed by atoms with Gasteiger partial charge in [0.25, 0.3) is 0 Å². The van der Waals surface area contributed by atoms with Crippen molar-refractivity contribution in [3.63, 3.8) is 0 Å². The Hall–Kier alpha value is 0.440. The van der Waals surface area contributed by atoms with Crippen molar-refractivity contribution < 1.29 is 0 Å². The summed E-state index contributed by atoms with van der Waals surface area (Å²) in [7, 11) is 2.39. The van der Waals surface area contributed by atoms with Gasteiger partial charge in [0.1, 0.15) is 0 Å². The average molecular weight is 342 g/mol. The first-order chi connectivity index (χ1) is 9.71. The highest BCUT2D eigenvalue weighted by Crippen LogP contribution is 2.48. The summed E-state index contributed by atoms with van der Waals surface area (Å²) in [6.07, 6.45) is 14.9. The predicted octanol–water partition coefficient (Wildman–Crippen LogP) is 5.09. The summed E-state index contributed by atoms with van der Waals surface area (Å²) >= 11 is 3.85. The zero-order valence-electron chi connectivity index (χ0n) is 13.2. The number of rotatable bonds is 5. The maximum absolute atomic E-state index is 3.85. The van der Waals surface area contributed by atoms with Gasteiger partial charge in [-0.2, -0.15) is 0 Å². The molecule has 0 N–H and O–H groups in total. The summed E-state index contributed by atoms with van der Waals surface area (Å²) in [5, 5.41) is 1.21. The van der Waals surface area contributed by atoms with Gasteiger partial charge in [0.05, 0.1) is 0 Å². The van der Waals surface area contributed by atoms with Gasteiger partial charge in [0.15, 0.2) is 0 Å². The minimum absolute atomic E-state index is 0.572. The largest absolute Gasteiger partial charge is 0.306 e. The number of alkyl halides is 1. The molecule has 0 saturated heterocycles. The Labute approximate surface area is 134 Å². The van der Waals surface area contributed by atoms with Gasteiger partial charge in [0, 0.05) is 18.4 Å². The first-order valence-corrected chi connectivity index (χ1v) is 10.1. The quantitative estimate of drug-likeness (QED) is 0.497. The van der Waals surface area contributed by atoms with Crippen LogP contribution in [0.15, 0.2) is 0 Å². The Balaban J connectivity index is 1.52. The number of nitrogens with zero attached hydrogens (tertiary/aromatic N) is 1. The Morgan fingerprint density at radius 1 is 1.05 bits per heavy atom. The summed E-state index contributed by atoms with van der Waals surface area (Å²) < 4.78 is 0. The van der Waals surface area contributed by atoms with Gasteiger partial charge in [-0.15, -0.1) is 0 Å². The van der Waals surface area contributed by atoms with E-state index in [2.05, 4.69) is 27.9 Å². The van der Waals surface area contributed by atoms with Crippen molar-refractivity contribution >= 4 is 15.9 Å². The van der Waals surface area contributed by atoms with Crippen LogP contribution in [0.2, 0.25) is 0 Å². The molecule has 3 rings (SSSR count). The fraction of sp³-hybridized carbons (Fsp3) is 1.00. The van der Waals surface area contributed by atoms with Gasteiger partial charge < -0.3 is 4.90 Å². The molecule has 3 aliphatic carbocycles. The fourth-order valence-corrected chi connectivity index (χ4v) is 6.19.